The smallest absolute Gasteiger partial charge is 0.397 e. The molecule has 0 aromatic heterocycles. The summed E-state index contributed by atoms with van der Waals surface area (Å²) < 4.78 is 4.42. The third kappa shape index (κ3) is 1.04. The molecule has 1 aliphatic rings. The monoisotopic (exact) mass is 125 g/mol. The second kappa shape index (κ2) is 2.09. The van der Waals surface area contributed by atoms with Gasteiger partial charge in [0.1, 0.15) is 0 Å². The van der Waals surface area contributed by atoms with E-state index in [2.05, 4.69) is 4.74 Å². The van der Waals surface area contributed by atoms with Gasteiger partial charge in [-0.05, 0) is 0 Å². The molecule has 0 N–H and O–H groups in total. The van der Waals surface area contributed by atoms with Gasteiger partial charge in [0.15, 0.2) is 12.4 Å². The minimum absolute atomic E-state index is 0.155. The normalized spacial score (nSPS) is 26.0. The standard InChI is InChI=1S/C4H4BNO3/c5-6-1-3(2-7)9-4(6)8/h2-3H,1H2. The van der Waals surface area contributed by atoms with Crippen molar-refractivity contribution >= 4 is 20.4 Å². The summed E-state index contributed by atoms with van der Waals surface area (Å²) in [6, 6.07) is 0. The van der Waals surface area contributed by atoms with E-state index in [1.165, 1.54) is 0 Å². The number of aldehydes is 1. The Balaban J connectivity index is 2.53. The first-order valence-corrected chi connectivity index (χ1v) is 2.42. The SMILES string of the molecule is [B]N1CC(C=O)OC1=O. The van der Waals surface area contributed by atoms with Crippen LogP contribution in [0.1, 0.15) is 0 Å². The number of hydrogen-bond acceptors (Lipinski definition) is 3. The predicted octanol–water partition coefficient (Wildman–Crippen LogP) is -0.910. The molecule has 5 heteroatoms. The first-order valence-electron chi connectivity index (χ1n) is 2.42. The minimum Gasteiger partial charge on any atom is -0.437 e. The molecule has 0 aliphatic carbocycles. The van der Waals surface area contributed by atoms with Gasteiger partial charge in [-0.3, -0.25) is 4.79 Å². The van der Waals surface area contributed by atoms with Gasteiger partial charge < -0.3 is 9.55 Å². The van der Waals surface area contributed by atoms with Crippen molar-refractivity contribution < 1.29 is 14.3 Å². The van der Waals surface area contributed by atoms with Crippen molar-refractivity contribution in [2.75, 3.05) is 6.54 Å². The van der Waals surface area contributed by atoms with Crippen molar-refractivity contribution in [3.05, 3.63) is 0 Å². The molecule has 0 saturated carbocycles. The highest BCUT2D eigenvalue weighted by Gasteiger charge is 2.26. The zero-order valence-corrected chi connectivity index (χ0v) is 4.61. The van der Waals surface area contributed by atoms with Gasteiger partial charge in [-0.2, -0.15) is 0 Å². The van der Waals surface area contributed by atoms with Gasteiger partial charge >= 0.3 is 6.09 Å². The zero-order chi connectivity index (χ0) is 6.85. The quantitative estimate of drug-likeness (QED) is 0.336. The third-order valence-corrected chi connectivity index (χ3v) is 1.02. The molecular weight excluding hydrogens is 121 g/mol. The molecule has 0 bridgehead atoms. The molecule has 0 spiro atoms. The summed E-state index contributed by atoms with van der Waals surface area (Å²) in [4.78, 5) is 21.2. The average molecular weight is 125 g/mol. The van der Waals surface area contributed by atoms with Crippen molar-refractivity contribution in [3.8, 4) is 0 Å². The van der Waals surface area contributed by atoms with Gasteiger partial charge in [0.05, 0.1) is 6.54 Å². The molecule has 9 heavy (non-hydrogen) atoms. The number of ether oxygens (including phenoxy) is 1. The van der Waals surface area contributed by atoms with Crippen molar-refractivity contribution in [1.82, 2.24) is 4.81 Å². The zero-order valence-electron chi connectivity index (χ0n) is 4.61. The molecule has 1 aliphatic heterocycles. The number of nitrogens with zero attached hydrogens (tertiary/aromatic N) is 1. The van der Waals surface area contributed by atoms with E-state index in [9.17, 15) is 9.59 Å². The molecule has 1 unspecified atom stereocenters. The molecule has 46 valence electrons. The number of amides is 1. The summed E-state index contributed by atoms with van der Waals surface area (Å²) in [5.41, 5.74) is 0. The highest BCUT2D eigenvalue weighted by molar-refractivity contribution is 6.13. The maximum atomic E-state index is 10.4. The van der Waals surface area contributed by atoms with Gasteiger partial charge in [-0.25, -0.2) is 4.79 Å². The summed E-state index contributed by atoms with van der Waals surface area (Å²) >= 11 is 0. The lowest BCUT2D eigenvalue weighted by Gasteiger charge is -1.99. The van der Waals surface area contributed by atoms with Gasteiger partial charge in [0.2, 0.25) is 7.98 Å². The van der Waals surface area contributed by atoms with Gasteiger partial charge in [-0.1, -0.05) is 0 Å². The van der Waals surface area contributed by atoms with Crippen LogP contribution in [0, 0.1) is 0 Å². The molecule has 1 fully saturated rings. The van der Waals surface area contributed by atoms with E-state index in [-0.39, 0.29) is 6.54 Å². The van der Waals surface area contributed by atoms with E-state index in [1.807, 2.05) is 0 Å². The Morgan fingerprint density at radius 2 is 2.56 bits per heavy atom. The second-order valence-corrected chi connectivity index (χ2v) is 1.71. The fourth-order valence-electron chi connectivity index (χ4n) is 0.574. The van der Waals surface area contributed by atoms with Crippen LogP contribution in [-0.2, 0) is 9.53 Å². The Morgan fingerprint density at radius 1 is 1.89 bits per heavy atom. The van der Waals surface area contributed by atoms with E-state index in [0.717, 1.165) is 4.81 Å². The van der Waals surface area contributed by atoms with Crippen LogP contribution in [0.15, 0.2) is 0 Å². The number of hydrogen-bond donors (Lipinski definition) is 0. The lowest BCUT2D eigenvalue weighted by Crippen LogP contribution is -2.21. The van der Waals surface area contributed by atoms with Gasteiger partial charge in [0.25, 0.3) is 0 Å². The Hall–Kier alpha value is -0.995. The van der Waals surface area contributed by atoms with E-state index in [0.29, 0.717) is 6.29 Å². The summed E-state index contributed by atoms with van der Waals surface area (Å²) in [5, 5.41) is 0. The fourth-order valence-corrected chi connectivity index (χ4v) is 0.574. The number of cyclic esters (lactones) is 1. The Kier molecular flexibility index (Phi) is 1.42. The summed E-state index contributed by atoms with van der Waals surface area (Å²) in [6.07, 6.45) is -0.778. The molecule has 2 radical (unpaired) electrons. The second-order valence-electron chi connectivity index (χ2n) is 1.71. The lowest BCUT2D eigenvalue weighted by molar-refractivity contribution is -0.113. The predicted molar refractivity (Wildman–Crippen MR) is 28.8 cm³/mol. The minimum atomic E-state index is -0.678. The summed E-state index contributed by atoms with van der Waals surface area (Å²) in [6.45, 7) is 0.155. The van der Waals surface area contributed by atoms with Crippen LogP contribution in [0.5, 0.6) is 0 Å². The molecule has 1 saturated heterocycles. The lowest BCUT2D eigenvalue weighted by atomic mass is 10.3. The summed E-state index contributed by atoms with van der Waals surface area (Å²) in [7, 11) is 5.04. The number of carbonyl (C=O) groups excluding carboxylic acids is 2. The van der Waals surface area contributed by atoms with E-state index >= 15 is 0 Å². The molecule has 4 nitrogen and oxygen atoms in total. The van der Waals surface area contributed by atoms with E-state index in [4.69, 9.17) is 7.98 Å². The average Bonchev–Trinajstić information content (AvgIpc) is 2.13. The van der Waals surface area contributed by atoms with Crippen LogP contribution in [-0.4, -0.2) is 37.8 Å². The van der Waals surface area contributed by atoms with Crippen molar-refractivity contribution in [1.29, 1.82) is 0 Å². The first kappa shape index (κ1) is 6.13. The van der Waals surface area contributed by atoms with Crippen LogP contribution in [0.2, 0.25) is 0 Å². The molecular formula is C4H4BNO3. The third-order valence-electron chi connectivity index (χ3n) is 1.02. The highest BCUT2D eigenvalue weighted by Crippen LogP contribution is 2.04. The van der Waals surface area contributed by atoms with Crippen molar-refractivity contribution in [2.45, 2.75) is 6.10 Å². The molecule has 1 heterocycles. The van der Waals surface area contributed by atoms with Crippen molar-refractivity contribution in [3.63, 3.8) is 0 Å². The van der Waals surface area contributed by atoms with Gasteiger partial charge in [-0.15, -0.1) is 0 Å². The topological polar surface area (TPSA) is 46.6 Å². The van der Waals surface area contributed by atoms with Crippen molar-refractivity contribution in [2.24, 2.45) is 0 Å². The van der Waals surface area contributed by atoms with Crippen LogP contribution in [0.25, 0.3) is 0 Å². The first-order chi connectivity index (χ1) is 4.24. The molecule has 1 atom stereocenters. The van der Waals surface area contributed by atoms with Crippen LogP contribution >= 0.6 is 0 Å². The molecule has 0 aromatic rings. The number of rotatable bonds is 1. The Morgan fingerprint density at radius 3 is 2.78 bits per heavy atom. The van der Waals surface area contributed by atoms with E-state index in [1.54, 1.807) is 0 Å². The Bertz CT molecular complexity index is 149. The highest BCUT2D eigenvalue weighted by atomic mass is 16.6. The largest absolute Gasteiger partial charge is 0.437 e. The Labute approximate surface area is 53.2 Å². The van der Waals surface area contributed by atoms with Crippen LogP contribution < -0.4 is 0 Å². The van der Waals surface area contributed by atoms with Crippen LogP contribution in [0.3, 0.4) is 0 Å². The summed E-state index contributed by atoms with van der Waals surface area (Å²) in [5.74, 6) is 0. The number of carbonyl (C=O) groups is 2. The van der Waals surface area contributed by atoms with E-state index < -0.39 is 12.2 Å². The molecule has 1 amide bonds. The maximum absolute atomic E-state index is 10.4. The molecule has 1 rings (SSSR count). The maximum Gasteiger partial charge on any atom is 0.397 e. The molecule has 0 aromatic carbocycles. The fraction of sp³-hybridized carbons (Fsp3) is 0.500. The van der Waals surface area contributed by atoms with Crippen LogP contribution in [0.4, 0.5) is 4.79 Å². The van der Waals surface area contributed by atoms with Gasteiger partial charge in [0, 0.05) is 0 Å².